The fourth-order valence-electron chi connectivity index (χ4n) is 7.83. The van der Waals surface area contributed by atoms with Crippen LogP contribution in [0.4, 0.5) is 0 Å². The third kappa shape index (κ3) is 4.65. The quantitative estimate of drug-likeness (QED) is 0.184. The van der Waals surface area contributed by atoms with E-state index in [9.17, 15) is 5.26 Å². The third-order valence-corrected chi connectivity index (χ3v) is 10.1. The fourth-order valence-corrected chi connectivity index (χ4v) is 7.83. The second kappa shape index (κ2) is 12.0. The summed E-state index contributed by atoms with van der Waals surface area (Å²) in [6, 6.07) is 65.8. The highest BCUT2D eigenvalue weighted by Crippen LogP contribution is 2.43. The molecule has 0 saturated carbocycles. The maximum Gasteiger partial charge on any atom is 0.101 e. The molecule has 4 nitrogen and oxygen atoms in total. The maximum atomic E-state index is 10.9. The standard InChI is InChI=1S/C48H30N4/c49-31-36-28-34(35-29-41(32-14-4-1-5-15-32)50-42(30-35)33-16-6-2-7-17-33)24-26-43(36)52-44-22-12-10-20-38(44)39-25-27-46-47(48(39)52)40-21-11-13-23-45(40)51(46)37-18-8-3-9-19-37/h1-30H. The summed E-state index contributed by atoms with van der Waals surface area (Å²) in [5.41, 5.74) is 12.8. The zero-order valence-corrected chi connectivity index (χ0v) is 28.1. The Labute approximate surface area is 300 Å². The van der Waals surface area contributed by atoms with Crippen molar-refractivity contribution in [1.82, 2.24) is 14.1 Å². The van der Waals surface area contributed by atoms with Crippen LogP contribution in [0.2, 0.25) is 0 Å². The molecule has 10 rings (SSSR count). The highest BCUT2D eigenvalue weighted by molar-refractivity contribution is 6.26. The number of nitriles is 1. The molecule has 3 aromatic heterocycles. The molecule has 0 radical (unpaired) electrons. The first kappa shape index (κ1) is 29.7. The summed E-state index contributed by atoms with van der Waals surface area (Å²) < 4.78 is 4.65. The van der Waals surface area contributed by atoms with E-state index in [0.29, 0.717) is 5.56 Å². The predicted octanol–water partition coefficient (Wildman–Crippen LogP) is 12.1. The summed E-state index contributed by atoms with van der Waals surface area (Å²) in [6.07, 6.45) is 0. The van der Waals surface area contributed by atoms with E-state index in [0.717, 1.165) is 83.2 Å². The second-order valence-corrected chi connectivity index (χ2v) is 13.1. The second-order valence-electron chi connectivity index (χ2n) is 13.1. The Balaban J connectivity index is 1.24. The monoisotopic (exact) mass is 662 g/mol. The molecule has 52 heavy (non-hydrogen) atoms. The number of hydrogen-bond donors (Lipinski definition) is 0. The molecule has 3 heterocycles. The Morgan fingerprint density at radius 1 is 0.423 bits per heavy atom. The predicted molar refractivity (Wildman–Crippen MR) is 214 cm³/mol. The number of para-hydroxylation sites is 3. The van der Waals surface area contributed by atoms with E-state index in [2.05, 4.69) is 155 Å². The molecule has 242 valence electrons. The molecule has 0 atom stereocenters. The SMILES string of the molecule is N#Cc1cc(-c2cc(-c3ccccc3)nc(-c3ccccc3)c2)ccc1-n1c2ccccc2c2ccc3c(c4ccccc4n3-c3ccccc3)c21. The van der Waals surface area contributed by atoms with E-state index in [-0.39, 0.29) is 0 Å². The largest absolute Gasteiger partial charge is 0.309 e. The number of rotatable bonds is 5. The Morgan fingerprint density at radius 3 is 1.65 bits per heavy atom. The van der Waals surface area contributed by atoms with Gasteiger partial charge in [-0.05, 0) is 65.7 Å². The molecule has 0 bridgehead atoms. The van der Waals surface area contributed by atoms with Crippen LogP contribution in [0.1, 0.15) is 5.56 Å². The molecular formula is C48H30N4. The van der Waals surface area contributed by atoms with Crippen molar-refractivity contribution in [3.05, 3.63) is 188 Å². The van der Waals surface area contributed by atoms with E-state index in [1.807, 2.05) is 42.5 Å². The van der Waals surface area contributed by atoms with Crippen LogP contribution < -0.4 is 0 Å². The van der Waals surface area contributed by atoms with Gasteiger partial charge in [0.15, 0.2) is 0 Å². The summed E-state index contributed by atoms with van der Waals surface area (Å²) in [5, 5.41) is 15.5. The summed E-state index contributed by atoms with van der Waals surface area (Å²) in [6.45, 7) is 0. The van der Waals surface area contributed by atoms with Gasteiger partial charge in [-0.15, -0.1) is 0 Å². The zero-order valence-electron chi connectivity index (χ0n) is 28.1. The van der Waals surface area contributed by atoms with Gasteiger partial charge in [0.2, 0.25) is 0 Å². The van der Waals surface area contributed by atoms with Crippen molar-refractivity contribution in [2.24, 2.45) is 0 Å². The molecule has 0 saturated heterocycles. The van der Waals surface area contributed by atoms with E-state index in [1.165, 1.54) is 5.39 Å². The summed E-state index contributed by atoms with van der Waals surface area (Å²) in [7, 11) is 0. The van der Waals surface area contributed by atoms with Crippen molar-refractivity contribution in [2.75, 3.05) is 0 Å². The molecule has 0 unspecified atom stereocenters. The summed E-state index contributed by atoms with van der Waals surface area (Å²) in [5.74, 6) is 0. The first-order valence-electron chi connectivity index (χ1n) is 17.5. The van der Waals surface area contributed by atoms with Gasteiger partial charge in [0.1, 0.15) is 6.07 Å². The lowest BCUT2D eigenvalue weighted by molar-refractivity contribution is 1.17. The molecule has 0 spiro atoms. The van der Waals surface area contributed by atoms with Crippen molar-refractivity contribution >= 4 is 43.6 Å². The number of hydrogen-bond acceptors (Lipinski definition) is 2. The molecule has 4 heteroatoms. The van der Waals surface area contributed by atoms with Gasteiger partial charge >= 0.3 is 0 Å². The molecule has 0 aliphatic rings. The Morgan fingerprint density at radius 2 is 1.00 bits per heavy atom. The van der Waals surface area contributed by atoms with Gasteiger partial charge in [-0.2, -0.15) is 5.26 Å². The first-order valence-corrected chi connectivity index (χ1v) is 17.5. The van der Waals surface area contributed by atoms with Crippen molar-refractivity contribution in [2.45, 2.75) is 0 Å². The lowest BCUT2D eigenvalue weighted by atomic mass is 9.98. The Kier molecular flexibility index (Phi) is 6.84. The van der Waals surface area contributed by atoms with Gasteiger partial charge in [-0.25, -0.2) is 4.98 Å². The molecule has 0 aliphatic heterocycles. The molecule has 0 fully saturated rings. The molecular weight excluding hydrogens is 633 g/mol. The zero-order chi connectivity index (χ0) is 34.6. The van der Waals surface area contributed by atoms with Crippen molar-refractivity contribution in [3.8, 4) is 51.1 Å². The highest BCUT2D eigenvalue weighted by atomic mass is 15.0. The average Bonchev–Trinajstić information content (AvgIpc) is 3.74. The number of benzene rings is 7. The van der Waals surface area contributed by atoms with Crippen molar-refractivity contribution in [1.29, 1.82) is 5.26 Å². The summed E-state index contributed by atoms with van der Waals surface area (Å²) >= 11 is 0. The molecule has 10 aromatic rings. The lowest BCUT2D eigenvalue weighted by Gasteiger charge is -2.14. The van der Waals surface area contributed by atoms with Gasteiger partial charge in [0, 0.05) is 38.4 Å². The third-order valence-electron chi connectivity index (χ3n) is 10.1. The number of fused-ring (bicyclic) bond motifs is 7. The van der Waals surface area contributed by atoms with Crippen LogP contribution in [0.25, 0.3) is 88.6 Å². The highest BCUT2D eigenvalue weighted by Gasteiger charge is 2.22. The van der Waals surface area contributed by atoms with E-state index >= 15 is 0 Å². The number of aromatic nitrogens is 3. The molecule has 0 N–H and O–H groups in total. The van der Waals surface area contributed by atoms with Crippen LogP contribution in [-0.2, 0) is 0 Å². The Hall–Kier alpha value is -7.22. The Bertz CT molecular complexity index is 2940. The molecule has 0 aliphatic carbocycles. The van der Waals surface area contributed by atoms with Crippen LogP contribution in [0.15, 0.2) is 182 Å². The smallest absolute Gasteiger partial charge is 0.101 e. The van der Waals surface area contributed by atoms with Gasteiger partial charge in [0.05, 0.1) is 44.7 Å². The van der Waals surface area contributed by atoms with Crippen molar-refractivity contribution in [3.63, 3.8) is 0 Å². The fraction of sp³-hybridized carbons (Fsp3) is 0. The first-order chi connectivity index (χ1) is 25.8. The van der Waals surface area contributed by atoms with Gasteiger partial charge in [-0.3, -0.25) is 0 Å². The minimum Gasteiger partial charge on any atom is -0.309 e. The number of pyridine rings is 1. The van der Waals surface area contributed by atoms with Crippen LogP contribution in [0.3, 0.4) is 0 Å². The van der Waals surface area contributed by atoms with Gasteiger partial charge in [-0.1, -0.05) is 127 Å². The van der Waals surface area contributed by atoms with Gasteiger partial charge < -0.3 is 9.13 Å². The summed E-state index contributed by atoms with van der Waals surface area (Å²) in [4.78, 5) is 5.08. The lowest BCUT2D eigenvalue weighted by Crippen LogP contribution is -1.99. The maximum absolute atomic E-state index is 10.9. The van der Waals surface area contributed by atoms with Crippen LogP contribution in [-0.4, -0.2) is 14.1 Å². The van der Waals surface area contributed by atoms with E-state index in [4.69, 9.17) is 4.98 Å². The van der Waals surface area contributed by atoms with Crippen LogP contribution >= 0.6 is 0 Å². The van der Waals surface area contributed by atoms with Crippen molar-refractivity contribution < 1.29 is 0 Å². The molecule has 0 amide bonds. The van der Waals surface area contributed by atoms with Crippen LogP contribution in [0.5, 0.6) is 0 Å². The minimum absolute atomic E-state index is 0.600. The van der Waals surface area contributed by atoms with Crippen LogP contribution in [0, 0.1) is 11.3 Å². The average molecular weight is 663 g/mol. The number of nitrogens with zero attached hydrogens (tertiary/aromatic N) is 4. The van der Waals surface area contributed by atoms with Gasteiger partial charge in [0.25, 0.3) is 0 Å². The normalized spacial score (nSPS) is 11.4. The minimum atomic E-state index is 0.600. The topological polar surface area (TPSA) is 46.5 Å². The molecule has 7 aromatic carbocycles. The van der Waals surface area contributed by atoms with E-state index in [1.54, 1.807) is 0 Å². The van der Waals surface area contributed by atoms with E-state index < -0.39 is 0 Å².